The number of halogens is 1. The van der Waals surface area contributed by atoms with Crippen molar-refractivity contribution >= 4 is 41.7 Å². The number of hydrogen-bond acceptors (Lipinski definition) is 2. The van der Waals surface area contributed by atoms with Crippen LogP contribution in [0, 0.1) is 0 Å². The van der Waals surface area contributed by atoms with Crippen molar-refractivity contribution in [3.8, 4) is 0 Å². The molecule has 134 valence electrons. The molecule has 1 saturated heterocycles. The normalized spacial score (nSPS) is 15.1. The number of nitrogens with two attached hydrogens (primary N) is 1. The summed E-state index contributed by atoms with van der Waals surface area (Å²) in [6.07, 6.45) is 0.970. The Kier molecular flexibility index (Phi) is 8.61. The Bertz CT molecular complexity index is 603. The van der Waals surface area contributed by atoms with Crippen LogP contribution in [0.4, 0.5) is 0 Å². The minimum atomic E-state index is 0. The molecule has 0 atom stereocenters. The Labute approximate surface area is 172 Å². The predicted octanol–water partition coefficient (Wildman–Crippen LogP) is 4.19. The van der Waals surface area contributed by atoms with Gasteiger partial charge in [0.1, 0.15) is 0 Å². The lowest BCUT2D eigenvalue weighted by atomic mass is 9.89. The van der Waals surface area contributed by atoms with Gasteiger partial charge in [-0.2, -0.15) is 11.8 Å². The van der Waals surface area contributed by atoms with E-state index in [4.69, 9.17) is 5.73 Å². The average Bonchev–Trinajstić information content (AvgIpc) is 2.67. The van der Waals surface area contributed by atoms with Gasteiger partial charge >= 0.3 is 0 Å². The zero-order valence-electron chi connectivity index (χ0n) is 14.4. The van der Waals surface area contributed by atoms with E-state index in [-0.39, 0.29) is 24.0 Å². The fourth-order valence-electron chi connectivity index (χ4n) is 3.10. The third-order valence-electron chi connectivity index (χ3n) is 4.43. The summed E-state index contributed by atoms with van der Waals surface area (Å²) < 4.78 is 0. The molecule has 0 bridgehead atoms. The molecule has 1 fully saturated rings. The smallest absolute Gasteiger partial charge is 0.191 e. The number of rotatable bonds is 5. The molecule has 0 aromatic heterocycles. The van der Waals surface area contributed by atoms with Gasteiger partial charge < -0.3 is 10.6 Å². The molecule has 0 saturated carbocycles. The minimum absolute atomic E-state index is 0. The van der Waals surface area contributed by atoms with Crippen molar-refractivity contribution in [3.05, 3.63) is 71.8 Å². The van der Waals surface area contributed by atoms with Crippen LogP contribution in [0.5, 0.6) is 0 Å². The predicted molar refractivity (Wildman–Crippen MR) is 120 cm³/mol. The van der Waals surface area contributed by atoms with Gasteiger partial charge in [0, 0.05) is 37.1 Å². The zero-order valence-corrected chi connectivity index (χ0v) is 17.5. The van der Waals surface area contributed by atoms with Crippen LogP contribution in [-0.4, -0.2) is 42.0 Å². The second kappa shape index (κ2) is 10.7. The van der Waals surface area contributed by atoms with Crippen LogP contribution in [0.2, 0.25) is 0 Å². The Morgan fingerprint density at radius 2 is 1.48 bits per heavy atom. The number of thioether (sulfide) groups is 1. The molecule has 0 unspecified atom stereocenters. The summed E-state index contributed by atoms with van der Waals surface area (Å²) in [6, 6.07) is 21.4. The summed E-state index contributed by atoms with van der Waals surface area (Å²) in [7, 11) is 0. The van der Waals surface area contributed by atoms with Crippen LogP contribution in [-0.2, 0) is 0 Å². The standard InChI is InChI=1S/C20H25N3S.HI/c21-20(23-13-15-24-16-14-23)22-12-11-19(17-7-3-1-4-8-17)18-9-5-2-6-10-18;/h1-10,19H,11-16H2,(H2,21,22);1H. The van der Waals surface area contributed by atoms with E-state index >= 15 is 0 Å². The van der Waals surface area contributed by atoms with Crippen molar-refractivity contribution in [2.45, 2.75) is 12.3 Å². The Balaban J connectivity index is 0.00000225. The molecule has 0 spiro atoms. The molecule has 2 aromatic rings. The first-order chi connectivity index (χ1) is 11.8. The van der Waals surface area contributed by atoms with E-state index < -0.39 is 0 Å². The molecular formula is C20H26IN3S. The van der Waals surface area contributed by atoms with Crippen LogP contribution in [0.25, 0.3) is 0 Å². The number of nitrogens with zero attached hydrogens (tertiary/aromatic N) is 2. The molecule has 2 N–H and O–H groups in total. The monoisotopic (exact) mass is 467 g/mol. The van der Waals surface area contributed by atoms with Gasteiger partial charge in [-0.3, -0.25) is 4.99 Å². The lowest BCUT2D eigenvalue weighted by Gasteiger charge is -2.27. The zero-order chi connectivity index (χ0) is 16.6. The van der Waals surface area contributed by atoms with Gasteiger partial charge in [-0.1, -0.05) is 60.7 Å². The Morgan fingerprint density at radius 3 is 2.00 bits per heavy atom. The van der Waals surface area contributed by atoms with Gasteiger partial charge in [0.05, 0.1) is 0 Å². The van der Waals surface area contributed by atoms with Crippen molar-refractivity contribution in [3.63, 3.8) is 0 Å². The number of benzene rings is 2. The van der Waals surface area contributed by atoms with Crippen LogP contribution in [0.15, 0.2) is 65.7 Å². The largest absolute Gasteiger partial charge is 0.370 e. The lowest BCUT2D eigenvalue weighted by molar-refractivity contribution is 0.455. The summed E-state index contributed by atoms with van der Waals surface area (Å²) in [4.78, 5) is 6.85. The Morgan fingerprint density at radius 1 is 0.960 bits per heavy atom. The number of hydrogen-bond donors (Lipinski definition) is 1. The van der Waals surface area contributed by atoms with Crippen LogP contribution < -0.4 is 5.73 Å². The van der Waals surface area contributed by atoms with Crippen molar-refractivity contribution in [1.82, 2.24) is 4.90 Å². The van der Waals surface area contributed by atoms with E-state index in [1.54, 1.807) is 0 Å². The molecule has 3 nitrogen and oxygen atoms in total. The summed E-state index contributed by atoms with van der Waals surface area (Å²) in [5, 5.41) is 0. The molecule has 0 aliphatic carbocycles. The summed E-state index contributed by atoms with van der Waals surface area (Å²) in [6.45, 7) is 2.78. The van der Waals surface area contributed by atoms with E-state index in [1.165, 1.54) is 11.1 Å². The van der Waals surface area contributed by atoms with E-state index in [9.17, 15) is 0 Å². The molecule has 2 aromatic carbocycles. The van der Waals surface area contributed by atoms with Crippen molar-refractivity contribution in [2.75, 3.05) is 31.1 Å². The molecular weight excluding hydrogens is 441 g/mol. The molecule has 3 rings (SSSR count). The maximum Gasteiger partial charge on any atom is 0.191 e. The second-order valence-corrected chi connectivity index (χ2v) is 7.23. The van der Waals surface area contributed by atoms with Gasteiger partial charge in [-0.25, -0.2) is 0 Å². The summed E-state index contributed by atoms with van der Waals surface area (Å²) in [5.74, 6) is 3.36. The fraction of sp³-hybridized carbons (Fsp3) is 0.350. The second-order valence-electron chi connectivity index (χ2n) is 6.00. The molecule has 0 radical (unpaired) electrons. The fourth-order valence-corrected chi connectivity index (χ4v) is 4.00. The minimum Gasteiger partial charge on any atom is -0.370 e. The molecule has 1 heterocycles. The first-order valence-corrected chi connectivity index (χ1v) is 9.72. The van der Waals surface area contributed by atoms with E-state index in [0.29, 0.717) is 11.9 Å². The third kappa shape index (κ3) is 5.92. The highest BCUT2D eigenvalue weighted by Crippen LogP contribution is 2.27. The topological polar surface area (TPSA) is 41.6 Å². The quantitative estimate of drug-likeness (QED) is 0.408. The number of guanidine groups is 1. The maximum absolute atomic E-state index is 6.18. The average molecular weight is 467 g/mol. The maximum atomic E-state index is 6.18. The van der Waals surface area contributed by atoms with Crippen molar-refractivity contribution in [1.29, 1.82) is 0 Å². The highest BCUT2D eigenvalue weighted by Gasteiger charge is 2.15. The molecule has 25 heavy (non-hydrogen) atoms. The summed E-state index contributed by atoms with van der Waals surface area (Å²) >= 11 is 1.99. The van der Waals surface area contributed by atoms with Gasteiger partial charge in [-0.15, -0.1) is 24.0 Å². The van der Waals surface area contributed by atoms with Gasteiger partial charge in [0.15, 0.2) is 5.96 Å². The van der Waals surface area contributed by atoms with Crippen LogP contribution in [0.3, 0.4) is 0 Å². The summed E-state index contributed by atoms with van der Waals surface area (Å²) in [5.41, 5.74) is 8.86. The van der Waals surface area contributed by atoms with Gasteiger partial charge in [0.2, 0.25) is 0 Å². The van der Waals surface area contributed by atoms with E-state index in [1.807, 2.05) is 11.8 Å². The Hall–Kier alpha value is -1.21. The van der Waals surface area contributed by atoms with Gasteiger partial charge in [0.25, 0.3) is 0 Å². The van der Waals surface area contributed by atoms with Crippen molar-refractivity contribution in [2.24, 2.45) is 10.7 Å². The first kappa shape index (κ1) is 20.1. The number of aliphatic imine (C=N–C) groups is 1. The van der Waals surface area contributed by atoms with E-state index in [0.717, 1.165) is 37.6 Å². The third-order valence-corrected chi connectivity index (χ3v) is 5.37. The van der Waals surface area contributed by atoms with Crippen molar-refractivity contribution < 1.29 is 0 Å². The molecule has 5 heteroatoms. The SMILES string of the molecule is I.NC(=NCCC(c1ccccc1)c1ccccc1)N1CCSCC1. The highest BCUT2D eigenvalue weighted by molar-refractivity contribution is 14.0. The van der Waals surface area contributed by atoms with Gasteiger partial charge in [-0.05, 0) is 17.5 Å². The lowest BCUT2D eigenvalue weighted by Crippen LogP contribution is -2.42. The van der Waals surface area contributed by atoms with Crippen LogP contribution in [0.1, 0.15) is 23.5 Å². The first-order valence-electron chi connectivity index (χ1n) is 8.57. The molecule has 0 amide bonds. The highest BCUT2D eigenvalue weighted by atomic mass is 127. The van der Waals surface area contributed by atoms with Crippen LogP contribution >= 0.6 is 35.7 Å². The molecule has 1 aliphatic rings. The molecule has 1 aliphatic heterocycles. The van der Waals surface area contributed by atoms with E-state index in [2.05, 4.69) is 70.6 Å².